The Kier molecular flexibility index (Phi) is 4.47. The maximum atomic E-state index is 13.3. The van der Waals surface area contributed by atoms with Crippen LogP contribution in [0.1, 0.15) is 30.4 Å². The highest BCUT2D eigenvalue weighted by Crippen LogP contribution is 2.20. The summed E-state index contributed by atoms with van der Waals surface area (Å²) in [7, 11) is 0. The molecule has 1 fully saturated rings. The number of amides is 2. The van der Waals surface area contributed by atoms with Crippen molar-refractivity contribution in [2.45, 2.75) is 25.8 Å². The Morgan fingerprint density at radius 1 is 1.29 bits per heavy atom. The van der Waals surface area contributed by atoms with Gasteiger partial charge < -0.3 is 5.11 Å². The number of benzene rings is 1. The highest BCUT2D eigenvalue weighted by atomic mass is 19.1. The second-order valence-electron chi connectivity index (χ2n) is 4.74. The number of hydrogen-bond donors (Lipinski definition) is 1. The summed E-state index contributed by atoms with van der Waals surface area (Å²) in [5.74, 6) is -2.19. The Hall–Kier alpha value is -2.50. The normalized spacial score (nSPS) is 15.8. The predicted octanol–water partition coefficient (Wildman–Crippen LogP) is 1.96. The zero-order chi connectivity index (χ0) is 15.4. The van der Waals surface area contributed by atoms with Gasteiger partial charge in [-0.05, 0) is 35.8 Å². The first-order valence-electron chi connectivity index (χ1n) is 6.50. The van der Waals surface area contributed by atoms with E-state index in [-0.39, 0.29) is 18.4 Å². The number of carbonyl (C=O) groups excluding carboxylic acids is 2. The minimum Gasteiger partial charge on any atom is -0.478 e. The second-order valence-corrected chi connectivity index (χ2v) is 4.74. The lowest BCUT2D eigenvalue weighted by Crippen LogP contribution is -2.39. The lowest BCUT2D eigenvalue weighted by Gasteiger charge is -2.25. The van der Waals surface area contributed by atoms with Crippen molar-refractivity contribution in [3.8, 4) is 0 Å². The molecule has 2 rings (SSSR count). The Balaban J connectivity index is 2.28. The minimum absolute atomic E-state index is 0.0250. The molecule has 1 aliphatic heterocycles. The summed E-state index contributed by atoms with van der Waals surface area (Å²) in [5, 5.41) is 8.64. The van der Waals surface area contributed by atoms with E-state index in [1.807, 2.05) is 0 Å². The largest absolute Gasteiger partial charge is 0.478 e. The summed E-state index contributed by atoms with van der Waals surface area (Å²) in [6, 6.07) is 3.84. The topological polar surface area (TPSA) is 74.7 Å². The Morgan fingerprint density at radius 3 is 2.57 bits per heavy atom. The molecule has 0 aliphatic carbocycles. The molecule has 0 atom stereocenters. The molecule has 0 unspecified atom stereocenters. The fourth-order valence-electron chi connectivity index (χ4n) is 2.17. The van der Waals surface area contributed by atoms with Crippen LogP contribution in [0, 0.1) is 5.82 Å². The van der Waals surface area contributed by atoms with E-state index in [4.69, 9.17) is 5.11 Å². The van der Waals surface area contributed by atoms with Crippen LogP contribution in [0.3, 0.4) is 0 Å². The van der Waals surface area contributed by atoms with Crippen molar-refractivity contribution in [1.29, 1.82) is 0 Å². The SMILES string of the molecule is O=C(O)C=Cc1cc(F)ccc1CN1C(=O)CCCC1=O. The van der Waals surface area contributed by atoms with Crippen LogP contribution in [0.5, 0.6) is 0 Å². The molecule has 1 saturated heterocycles. The first-order chi connectivity index (χ1) is 9.97. The van der Waals surface area contributed by atoms with Crippen molar-refractivity contribution in [3.05, 3.63) is 41.2 Å². The van der Waals surface area contributed by atoms with Crippen LogP contribution in [0.2, 0.25) is 0 Å². The predicted molar refractivity (Wildman–Crippen MR) is 72.5 cm³/mol. The van der Waals surface area contributed by atoms with E-state index >= 15 is 0 Å². The molecule has 1 aliphatic rings. The third-order valence-corrected chi connectivity index (χ3v) is 3.23. The van der Waals surface area contributed by atoms with Gasteiger partial charge in [0.15, 0.2) is 0 Å². The summed E-state index contributed by atoms with van der Waals surface area (Å²) < 4.78 is 13.3. The summed E-state index contributed by atoms with van der Waals surface area (Å²) >= 11 is 0. The molecule has 0 spiro atoms. The van der Waals surface area contributed by atoms with Gasteiger partial charge in [-0.15, -0.1) is 0 Å². The van der Waals surface area contributed by atoms with Gasteiger partial charge in [-0.25, -0.2) is 9.18 Å². The van der Waals surface area contributed by atoms with Crippen LogP contribution in [0.4, 0.5) is 4.39 Å². The van der Waals surface area contributed by atoms with Crippen LogP contribution in [0.25, 0.3) is 6.08 Å². The van der Waals surface area contributed by atoms with Gasteiger partial charge in [0.05, 0.1) is 6.54 Å². The molecule has 1 N–H and O–H groups in total. The number of piperidine rings is 1. The molecule has 5 nitrogen and oxygen atoms in total. The van der Waals surface area contributed by atoms with Crippen LogP contribution in [-0.2, 0) is 20.9 Å². The van der Waals surface area contributed by atoms with Crippen molar-refractivity contribution in [1.82, 2.24) is 4.90 Å². The second kappa shape index (κ2) is 6.30. The van der Waals surface area contributed by atoms with E-state index in [0.29, 0.717) is 30.4 Å². The van der Waals surface area contributed by atoms with E-state index in [9.17, 15) is 18.8 Å². The molecular formula is C15H14FNO4. The molecule has 1 aromatic rings. The number of nitrogens with zero attached hydrogens (tertiary/aromatic N) is 1. The van der Waals surface area contributed by atoms with E-state index < -0.39 is 11.8 Å². The summed E-state index contributed by atoms with van der Waals surface area (Å²) in [5.41, 5.74) is 0.862. The molecule has 21 heavy (non-hydrogen) atoms. The molecule has 0 radical (unpaired) electrons. The average molecular weight is 291 g/mol. The van der Waals surface area contributed by atoms with Crippen LogP contribution < -0.4 is 0 Å². The number of carboxylic acids is 1. The number of hydrogen-bond acceptors (Lipinski definition) is 3. The van der Waals surface area contributed by atoms with E-state index in [1.165, 1.54) is 24.3 Å². The molecular weight excluding hydrogens is 277 g/mol. The highest BCUT2D eigenvalue weighted by Gasteiger charge is 2.26. The van der Waals surface area contributed by atoms with E-state index in [0.717, 1.165) is 11.0 Å². The molecule has 1 aromatic carbocycles. The minimum atomic E-state index is -1.16. The van der Waals surface area contributed by atoms with Crippen molar-refractivity contribution >= 4 is 23.9 Å². The van der Waals surface area contributed by atoms with Gasteiger partial charge in [0.2, 0.25) is 11.8 Å². The maximum Gasteiger partial charge on any atom is 0.328 e. The van der Waals surface area contributed by atoms with Crippen LogP contribution in [-0.4, -0.2) is 27.8 Å². The molecule has 0 saturated carbocycles. The zero-order valence-electron chi connectivity index (χ0n) is 11.2. The average Bonchev–Trinajstić information content (AvgIpc) is 2.42. The molecule has 110 valence electrons. The van der Waals surface area contributed by atoms with Gasteiger partial charge in [-0.3, -0.25) is 14.5 Å². The fourth-order valence-corrected chi connectivity index (χ4v) is 2.17. The van der Waals surface area contributed by atoms with Gasteiger partial charge in [-0.2, -0.15) is 0 Å². The Bertz CT molecular complexity index is 608. The number of aliphatic carboxylic acids is 1. The quantitative estimate of drug-likeness (QED) is 0.679. The highest BCUT2D eigenvalue weighted by molar-refractivity contribution is 5.97. The molecule has 1 heterocycles. The van der Waals surface area contributed by atoms with Gasteiger partial charge in [0.25, 0.3) is 0 Å². The molecule has 0 aromatic heterocycles. The molecule has 2 amide bonds. The van der Waals surface area contributed by atoms with Gasteiger partial charge in [0.1, 0.15) is 5.82 Å². The van der Waals surface area contributed by atoms with Crippen molar-refractivity contribution in [2.24, 2.45) is 0 Å². The number of rotatable bonds is 4. The molecule has 0 bridgehead atoms. The van der Waals surface area contributed by atoms with Gasteiger partial charge in [0, 0.05) is 18.9 Å². The number of imide groups is 1. The number of carbonyl (C=O) groups is 3. The third-order valence-electron chi connectivity index (χ3n) is 3.23. The zero-order valence-corrected chi connectivity index (χ0v) is 11.2. The molecule has 6 heteroatoms. The monoisotopic (exact) mass is 291 g/mol. The number of likely N-dealkylation sites (tertiary alicyclic amines) is 1. The third kappa shape index (κ3) is 3.75. The lowest BCUT2D eigenvalue weighted by molar-refractivity contribution is -0.148. The summed E-state index contributed by atoms with van der Waals surface area (Å²) in [4.78, 5) is 35.2. The summed E-state index contributed by atoms with van der Waals surface area (Å²) in [6.07, 6.45) is 3.31. The first-order valence-corrected chi connectivity index (χ1v) is 6.50. The van der Waals surface area contributed by atoms with Crippen molar-refractivity contribution in [3.63, 3.8) is 0 Å². The summed E-state index contributed by atoms with van der Waals surface area (Å²) in [6.45, 7) is 0.0250. The standard InChI is InChI=1S/C15H14FNO4/c16-12-6-4-11(10(8-12)5-7-15(20)21)9-17-13(18)2-1-3-14(17)19/h4-8H,1-3,9H2,(H,20,21). The number of halogens is 1. The lowest BCUT2D eigenvalue weighted by atomic mass is 10.0. The van der Waals surface area contributed by atoms with E-state index in [1.54, 1.807) is 0 Å². The maximum absolute atomic E-state index is 13.3. The number of carboxylic acid groups (broad SMARTS) is 1. The smallest absolute Gasteiger partial charge is 0.328 e. The first kappa shape index (κ1) is 14.9. The van der Waals surface area contributed by atoms with Crippen molar-refractivity contribution in [2.75, 3.05) is 0 Å². The van der Waals surface area contributed by atoms with Gasteiger partial charge in [-0.1, -0.05) is 6.07 Å². The Labute approximate surface area is 120 Å². The fraction of sp³-hybridized carbons (Fsp3) is 0.267. The van der Waals surface area contributed by atoms with Crippen LogP contribution >= 0.6 is 0 Å². The Morgan fingerprint density at radius 2 is 1.95 bits per heavy atom. The van der Waals surface area contributed by atoms with E-state index in [2.05, 4.69) is 0 Å². The van der Waals surface area contributed by atoms with Gasteiger partial charge >= 0.3 is 5.97 Å². The van der Waals surface area contributed by atoms with Crippen LogP contribution in [0.15, 0.2) is 24.3 Å². The van der Waals surface area contributed by atoms with Crippen molar-refractivity contribution < 1.29 is 23.9 Å².